The Labute approximate surface area is 111 Å². The summed E-state index contributed by atoms with van der Waals surface area (Å²) in [6.07, 6.45) is -1.44. The van der Waals surface area contributed by atoms with E-state index in [9.17, 15) is 13.2 Å². The highest BCUT2D eigenvalue weighted by Gasteiger charge is 2.40. The van der Waals surface area contributed by atoms with E-state index in [0.29, 0.717) is 5.56 Å². The van der Waals surface area contributed by atoms with E-state index in [1.165, 1.54) is 19.5 Å². The number of ether oxygens (including phenoxy) is 1. The molecular weight excluding hydrogens is 257 g/mol. The Morgan fingerprint density at radius 3 is 2.32 bits per heavy atom. The molecule has 1 heterocycles. The molecule has 0 spiro atoms. The van der Waals surface area contributed by atoms with Crippen LogP contribution in [-0.2, 0) is 11.2 Å². The Morgan fingerprint density at radius 1 is 1.26 bits per heavy atom. The van der Waals surface area contributed by atoms with Crippen molar-refractivity contribution in [1.29, 1.82) is 0 Å². The van der Waals surface area contributed by atoms with Crippen LogP contribution in [0.2, 0.25) is 0 Å². The topological polar surface area (TPSA) is 34.1 Å². The van der Waals surface area contributed by atoms with Gasteiger partial charge in [0.05, 0.1) is 5.60 Å². The van der Waals surface area contributed by atoms with Gasteiger partial charge >= 0.3 is 6.18 Å². The van der Waals surface area contributed by atoms with Crippen LogP contribution in [0.4, 0.5) is 13.2 Å². The molecule has 19 heavy (non-hydrogen) atoms. The monoisotopic (exact) mass is 276 g/mol. The molecule has 0 aliphatic carbocycles. The number of aromatic nitrogens is 1. The molecule has 0 fully saturated rings. The van der Waals surface area contributed by atoms with Crippen LogP contribution in [0.5, 0.6) is 0 Å². The number of pyridine rings is 1. The lowest BCUT2D eigenvalue weighted by atomic mass is 10.0. The number of methoxy groups -OCH3 is 1. The van der Waals surface area contributed by atoms with Gasteiger partial charge in [0.2, 0.25) is 0 Å². The highest BCUT2D eigenvalue weighted by molar-refractivity contribution is 5.12. The summed E-state index contributed by atoms with van der Waals surface area (Å²) >= 11 is 0. The van der Waals surface area contributed by atoms with Crippen molar-refractivity contribution >= 4 is 0 Å². The lowest BCUT2D eigenvalue weighted by molar-refractivity contribution is -0.157. The van der Waals surface area contributed by atoms with Gasteiger partial charge in [0.15, 0.2) is 0 Å². The first-order valence-electron chi connectivity index (χ1n) is 5.99. The van der Waals surface area contributed by atoms with Crippen LogP contribution in [0.3, 0.4) is 0 Å². The zero-order valence-electron chi connectivity index (χ0n) is 11.3. The Kier molecular flexibility index (Phi) is 5.31. The van der Waals surface area contributed by atoms with Crippen molar-refractivity contribution in [3.63, 3.8) is 0 Å². The highest BCUT2D eigenvalue weighted by atomic mass is 19.4. The Balaban J connectivity index is 2.69. The molecule has 6 heteroatoms. The Bertz CT molecular complexity index is 379. The molecule has 0 aromatic carbocycles. The van der Waals surface area contributed by atoms with Gasteiger partial charge in [0.25, 0.3) is 0 Å². The second-order valence-electron chi connectivity index (χ2n) is 5.00. The third kappa shape index (κ3) is 5.57. The molecular formula is C13H19F3N2O. The molecule has 0 unspecified atom stereocenters. The Morgan fingerprint density at radius 2 is 1.84 bits per heavy atom. The van der Waals surface area contributed by atoms with Crippen LogP contribution < -0.4 is 5.32 Å². The van der Waals surface area contributed by atoms with Crippen molar-refractivity contribution in [3.8, 4) is 0 Å². The van der Waals surface area contributed by atoms with E-state index in [1.54, 1.807) is 26.0 Å². The van der Waals surface area contributed by atoms with Gasteiger partial charge in [0.1, 0.15) is 6.04 Å². The van der Waals surface area contributed by atoms with Crippen LogP contribution in [0.1, 0.15) is 19.4 Å². The molecule has 0 amide bonds. The lowest BCUT2D eigenvalue weighted by Gasteiger charge is -2.28. The van der Waals surface area contributed by atoms with Crippen molar-refractivity contribution in [1.82, 2.24) is 10.3 Å². The van der Waals surface area contributed by atoms with Gasteiger partial charge < -0.3 is 10.1 Å². The normalized spacial score (nSPS) is 14.4. The van der Waals surface area contributed by atoms with Crippen molar-refractivity contribution in [2.45, 2.75) is 38.1 Å². The predicted molar refractivity (Wildman–Crippen MR) is 66.9 cm³/mol. The maximum absolute atomic E-state index is 13.0. The number of nitrogens with one attached hydrogen (secondary N) is 1. The summed E-state index contributed by atoms with van der Waals surface area (Å²) < 4.78 is 44.0. The SMILES string of the molecule is COC(C)(C)CN[C@H](Cc1ccncc1)C(F)(F)F. The zero-order valence-corrected chi connectivity index (χ0v) is 11.3. The molecule has 1 rings (SSSR count). The van der Waals surface area contributed by atoms with E-state index in [4.69, 9.17) is 4.74 Å². The standard InChI is InChI=1S/C13H19F3N2O/c1-12(2,19-3)9-18-11(13(14,15)16)8-10-4-6-17-7-5-10/h4-7,11,18H,8-9H2,1-3H3/t11-/m1/s1. The summed E-state index contributed by atoms with van der Waals surface area (Å²) in [5.74, 6) is 0. The van der Waals surface area contributed by atoms with Crippen molar-refractivity contribution < 1.29 is 17.9 Å². The van der Waals surface area contributed by atoms with Crippen molar-refractivity contribution in [2.24, 2.45) is 0 Å². The smallest absolute Gasteiger partial charge is 0.377 e. The van der Waals surface area contributed by atoms with Crippen LogP contribution in [-0.4, -0.2) is 36.5 Å². The van der Waals surface area contributed by atoms with Gasteiger partial charge in [-0.05, 0) is 38.0 Å². The third-order valence-corrected chi connectivity index (χ3v) is 2.91. The number of hydrogen-bond acceptors (Lipinski definition) is 3. The van der Waals surface area contributed by atoms with Crippen LogP contribution in [0, 0.1) is 0 Å². The van der Waals surface area contributed by atoms with Gasteiger partial charge in [-0.2, -0.15) is 13.2 Å². The highest BCUT2D eigenvalue weighted by Crippen LogP contribution is 2.23. The minimum absolute atomic E-state index is 0.119. The predicted octanol–water partition coefficient (Wildman–Crippen LogP) is 2.57. The fraction of sp³-hybridized carbons (Fsp3) is 0.615. The molecule has 0 saturated heterocycles. The van der Waals surface area contributed by atoms with Gasteiger partial charge in [-0.15, -0.1) is 0 Å². The molecule has 1 atom stereocenters. The van der Waals surface area contributed by atoms with Gasteiger partial charge in [-0.3, -0.25) is 4.98 Å². The second-order valence-corrected chi connectivity index (χ2v) is 5.00. The molecule has 0 aliphatic heterocycles. The zero-order chi connectivity index (χ0) is 14.5. The summed E-state index contributed by atoms with van der Waals surface area (Å²) in [6.45, 7) is 3.60. The van der Waals surface area contributed by atoms with Gasteiger partial charge in [0, 0.05) is 26.0 Å². The summed E-state index contributed by atoms with van der Waals surface area (Å²) in [5, 5.41) is 2.53. The summed E-state index contributed by atoms with van der Waals surface area (Å²) in [6, 6.07) is 1.58. The first kappa shape index (κ1) is 15.9. The van der Waals surface area contributed by atoms with E-state index in [2.05, 4.69) is 10.3 Å². The van der Waals surface area contributed by atoms with Gasteiger partial charge in [-0.25, -0.2) is 0 Å². The van der Waals surface area contributed by atoms with Crippen molar-refractivity contribution in [2.75, 3.05) is 13.7 Å². The molecule has 108 valence electrons. The van der Waals surface area contributed by atoms with E-state index in [1.807, 2.05) is 0 Å². The van der Waals surface area contributed by atoms with Crippen LogP contribution in [0.25, 0.3) is 0 Å². The third-order valence-electron chi connectivity index (χ3n) is 2.91. The van der Waals surface area contributed by atoms with Gasteiger partial charge in [-0.1, -0.05) is 0 Å². The fourth-order valence-corrected chi connectivity index (χ4v) is 1.50. The molecule has 1 aromatic rings. The maximum atomic E-state index is 13.0. The van der Waals surface area contributed by atoms with Crippen LogP contribution >= 0.6 is 0 Å². The Hall–Kier alpha value is -1.14. The summed E-state index contributed by atoms with van der Waals surface area (Å²) in [5.41, 5.74) is -0.0399. The first-order valence-corrected chi connectivity index (χ1v) is 5.99. The first-order chi connectivity index (χ1) is 8.74. The summed E-state index contributed by atoms with van der Waals surface area (Å²) in [7, 11) is 1.48. The largest absolute Gasteiger partial charge is 0.404 e. The van der Waals surface area contributed by atoms with E-state index in [-0.39, 0.29) is 13.0 Å². The molecule has 0 bridgehead atoms. The molecule has 3 nitrogen and oxygen atoms in total. The van der Waals surface area contributed by atoms with E-state index < -0.39 is 17.8 Å². The second kappa shape index (κ2) is 6.34. The number of hydrogen-bond donors (Lipinski definition) is 1. The van der Waals surface area contributed by atoms with Crippen molar-refractivity contribution in [3.05, 3.63) is 30.1 Å². The number of nitrogens with zero attached hydrogens (tertiary/aromatic N) is 1. The fourth-order valence-electron chi connectivity index (χ4n) is 1.50. The molecule has 1 aromatic heterocycles. The average molecular weight is 276 g/mol. The minimum atomic E-state index is -4.30. The maximum Gasteiger partial charge on any atom is 0.404 e. The molecule has 0 saturated carbocycles. The van der Waals surface area contributed by atoms with Crippen LogP contribution in [0.15, 0.2) is 24.5 Å². The number of rotatable bonds is 6. The van der Waals surface area contributed by atoms with E-state index >= 15 is 0 Å². The minimum Gasteiger partial charge on any atom is -0.377 e. The number of alkyl halides is 3. The summed E-state index contributed by atoms with van der Waals surface area (Å²) in [4.78, 5) is 3.79. The lowest BCUT2D eigenvalue weighted by Crippen LogP contribution is -2.49. The molecule has 0 aliphatic rings. The molecule has 1 N–H and O–H groups in total. The van der Waals surface area contributed by atoms with E-state index in [0.717, 1.165) is 0 Å². The number of halogens is 3. The average Bonchev–Trinajstić information content (AvgIpc) is 2.34. The molecule has 0 radical (unpaired) electrons. The quantitative estimate of drug-likeness (QED) is 0.867.